The van der Waals surface area contributed by atoms with E-state index in [1.54, 1.807) is 6.07 Å². The number of hydrogen-bond donors (Lipinski definition) is 4. The summed E-state index contributed by atoms with van der Waals surface area (Å²) >= 11 is 6.12. The summed E-state index contributed by atoms with van der Waals surface area (Å²) in [5, 5.41) is 21.3. The Morgan fingerprint density at radius 1 is 0.976 bits per heavy atom. The van der Waals surface area contributed by atoms with E-state index in [2.05, 4.69) is 5.32 Å². The number of primary amides is 1. The van der Waals surface area contributed by atoms with Gasteiger partial charge in [-0.25, -0.2) is 0 Å². The van der Waals surface area contributed by atoms with Crippen LogP contribution >= 0.6 is 11.6 Å². The number of fused-ring (bicyclic) bond motifs is 1. The number of aliphatic carboxylic acids is 2. The number of nitrogens with zero attached hydrogens (tertiary/aromatic N) is 2. The SMILES string of the molecule is NC(=O)C(CCC(=O)O)NC(=O)C(CCC(=O)O)N1B2N=C(c3ccc(-c4cccc(Cl)c4)cc3)C=C2CCC1=O. The predicted octanol–water partition coefficient (Wildman–Crippen LogP) is 2.45. The van der Waals surface area contributed by atoms with Gasteiger partial charge in [-0.1, -0.05) is 53.5 Å². The molecule has 0 saturated carbocycles. The Labute approximate surface area is 241 Å². The summed E-state index contributed by atoms with van der Waals surface area (Å²) in [5.74, 6) is -4.48. The molecule has 4 rings (SSSR count). The van der Waals surface area contributed by atoms with Crippen LogP contribution in [0.25, 0.3) is 11.1 Å². The number of carboxylic acids is 2. The quantitative estimate of drug-likeness (QED) is 0.279. The largest absolute Gasteiger partial charge is 0.481 e. The standard InChI is InChI=1S/C28H28BClN4O7/c30-20-3-1-2-18(14-20)16-4-6-17(7-5-16)22-15-19-8-11-24(35)34(29(19)33-22)23(10-13-26(38)39)28(41)32-21(27(31)40)9-12-25(36)37/h1-7,14-15,21,23H,8-13H2,(H2,31,40)(H,32,41)(H,36,37)(H,38,39). The normalized spacial score (nSPS) is 15.9. The van der Waals surface area contributed by atoms with E-state index in [1.165, 1.54) is 4.81 Å². The first-order valence-electron chi connectivity index (χ1n) is 13.0. The van der Waals surface area contributed by atoms with E-state index >= 15 is 0 Å². The second-order valence-corrected chi connectivity index (χ2v) is 10.3. The van der Waals surface area contributed by atoms with Gasteiger partial charge in [-0.05, 0) is 54.2 Å². The van der Waals surface area contributed by atoms with Crippen molar-refractivity contribution in [2.24, 2.45) is 10.6 Å². The van der Waals surface area contributed by atoms with Crippen LogP contribution in [0.3, 0.4) is 0 Å². The molecule has 2 atom stereocenters. The lowest BCUT2D eigenvalue weighted by Gasteiger charge is -2.37. The Balaban J connectivity index is 1.60. The number of carbonyl (C=O) groups excluding carboxylic acids is 3. The van der Waals surface area contributed by atoms with Gasteiger partial charge in [0.25, 0.3) is 0 Å². The van der Waals surface area contributed by atoms with Crippen LogP contribution in [0.15, 0.2) is 65.0 Å². The number of allylic oxidation sites excluding steroid dienone is 2. The number of rotatable bonds is 12. The van der Waals surface area contributed by atoms with Gasteiger partial charge in [0.2, 0.25) is 17.7 Å². The molecule has 3 amide bonds. The van der Waals surface area contributed by atoms with Crippen LogP contribution in [0.2, 0.25) is 5.02 Å². The zero-order chi connectivity index (χ0) is 29.7. The highest BCUT2D eigenvalue weighted by Crippen LogP contribution is 2.31. The molecule has 2 aromatic carbocycles. The predicted molar refractivity (Wildman–Crippen MR) is 152 cm³/mol. The van der Waals surface area contributed by atoms with Crippen molar-refractivity contribution in [1.29, 1.82) is 0 Å². The summed E-state index contributed by atoms with van der Waals surface area (Å²) < 4.78 is 0. The molecule has 0 aromatic heterocycles. The van der Waals surface area contributed by atoms with Gasteiger partial charge >= 0.3 is 18.9 Å². The molecule has 41 heavy (non-hydrogen) atoms. The van der Waals surface area contributed by atoms with Crippen LogP contribution in [-0.4, -0.2) is 69.5 Å². The van der Waals surface area contributed by atoms with Gasteiger partial charge in [0.1, 0.15) is 12.1 Å². The van der Waals surface area contributed by atoms with Gasteiger partial charge in [-0.2, -0.15) is 0 Å². The van der Waals surface area contributed by atoms with Gasteiger partial charge in [0.15, 0.2) is 0 Å². The van der Waals surface area contributed by atoms with Crippen LogP contribution in [0.1, 0.15) is 44.1 Å². The number of benzene rings is 2. The monoisotopic (exact) mass is 578 g/mol. The Morgan fingerprint density at radius 2 is 1.63 bits per heavy atom. The first kappa shape index (κ1) is 29.5. The highest BCUT2D eigenvalue weighted by Gasteiger charge is 2.45. The molecule has 11 nitrogen and oxygen atoms in total. The van der Waals surface area contributed by atoms with Crippen molar-refractivity contribution in [3.05, 3.63) is 70.7 Å². The summed E-state index contributed by atoms with van der Waals surface area (Å²) in [5.41, 5.74) is 9.46. The lowest BCUT2D eigenvalue weighted by molar-refractivity contribution is -0.141. The molecular formula is C28H28BClN4O7. The van der Waals surface area contributed by atoms with Crippen molar-refractivity contribution in [3.8, 4) is 11.1 Å². The van der Waals surface area contributed by atoms with Gasteiger partial charge in [-0.3, -0.25) is 24.0 Å². The smallest absolute Gasteiger partial charge is 0.429 e. The van der Waals surface area contributed by atoms with E-state index in [0.717, 1.165) is 22.2 Å². The lowest BCUT2D eigenvalue weighted by Crippen LogP contribution is -2.59. The summed E-state index contributed by atoms with van der Waals surface area (Å²) in [6.07, 6.45) is 1.04. The second-order valence-electron chi connectivity index (χ2n) is 9.84. The number of nitrogens with one attached hydrogen (secondary N) is 1. The van der Waals surface area contributed by atoms with E-state index in [9.17, 15) is 29.1 Å². The second kappa shape index (κ2) is 12.8. The molecule has 1 saturated heterocycles. The van der Waals surface area contributed by atoms with Gasteiger partial charge < -0.3 is 31.0 Å². The zero-order valence-electron chi connectivity index (χ0n) is 22.0. The average Bonchev–Trinajstić information content (AvgIpc) is 3.36. The van der Waals surface area contributed by atoms with Crippen molar-refractivity contribution in [1.82, 2.24) is 10.1 Å². The molecule has 0 spiro atoms. The van der Waals surface area contributed by atoms with Crippen molar-refractivity contribution in [2.75, 3.05) is 0 Å². The molecule has 2 unspecified atom stereocenters. The summed E-state index contributed by atoms with van der Waals surface area (Å²) in [6, 6.07) is 12.5. The fourth-order valence-electron chi connectivity index (χ4n) is 4.94. The van der Waals surface area contributed by atoms with E-state index in [1.807, 2.05) is 48.5 Å². The third-order valence-electron chi connectivity index (χ3n) is 7.01. The van der Waals surface area contributed by atoms with Gasteiger partial charge in [0, 0.05) is 24.3 Å². The van der Waals surface area contributed by atoms with E-state index in [4.69, 9.17) is 27.3 Å². The van der Waals surface area contributed by atoms with Crippen LogP contribution < -0.4 is 11.1 Å². The van der Waals surface area contributed by atoms with Gasteiger partial charge in [-0.15, -0.1) is 0 Å². The van der Waals surface area contributed by atoms with Crippen LogP contribution in [0.5, 0.6) is 0 Å². The molecule has 0 radical (unpaired) electrons. The minimum atomic E-state index is -1.30. The Kier molecular flexibility index (Phi) is 9.23. The molecule has 1 fully saturated rings. The molecule has 2 aliphatic heterocycles. The van der Waals surface area contributed by atoms with Gasteiger partial charge in [0.05, 0.1) is 5.71 Å². The van der Waals surface area contributed by atoms with E-state index in [0.29, 0.717) is 17.2 Å². The summed E-state index contributed by atoms with van der Waals surface area (Å²) in [6.45, 7) is -0.825. The molecular weight excluding hydrogens is 551 g/mol. The first-order chi connectivity index (χ1) is 19.5. The molecule has 13 heteroatoms. The molecule has 5 N–H and O–H groups in total. The Morgan fingerprint density at radius 3 is 2.27 bits per heavy atom. The van der Waals surface area contributed by atoms with Crippen LogP contribution in [0, 0.1) is 0 Å². The molecule has 2 heterocycles. The molecule has 212 valence electrons. The Hall–Kier alpha value is -4.45. The number of hydrogen-bond acceptors (Lipinski definition) is 6. The molecule has 0 aliphatic carbocycles. The minimum Gasteiger partial charge on any atom is -0.481 e. The third-order valence-corrected chi connectivity index (χ3v) is 7.24. The van der Waals surface area contributed by atoms with Crippen molar-refractivity contribution >= 4 is 54.0 Å². The maximum absolute atomic E-state index is 13.4. The molecule has 2 aliphatic rings. The first-order valence-corrected chi connectivity index (χ1v) is 13.4. The summed E-state index contributed by atoms with van der Waals surface area (Å²) in [7, 11) is 0. The highest BCUT2D eigenvalue weighted by molar-refractivity contribution is 6.70. The number of nitrogens with two attached hydrogens (primary N) is 1. The average molecular weight is 579 g/mol. The zero-order valence-corrected chi connectivity index (χ0v) is 22.7. The maximum atomic E-state index is 13.4. The fourth-order valence-corrected chi connectivity index (χ4v) is 5.13. The number of halogens is 1. The molecule has 0 bridgehead atoms. The van der Waals surface area contributed by atoms with E-state index < -0.39 is 55.7 Å². The maximum Gasteiger partial charge on any atom is 0.429 e. The van der Waals surface area contributed by atoms with Crippen molar-refractivity contribution < 1.29 is 34.2 Å². The Bertz CT molecular complexity index is 1440. The fraction of sp³-hybridized carbons (Fsp3) is 0.286. The number of carboxylic acid groups (broad SMARTS) is 2. The van der Waals surface area contributed by atoms with E-state index in [-0.39, 0.29) is 25.2 Å². The number of carbonyl (C=O) groups is 5. The third kappa shape index (κ3) is 7.20. The van der Waals surface area contributed by atoms with Crippen LogP contribution in [-0.2, 0) is 24.0 Å². The van der Waals surface area contributed by atoms with Crippen molar-refractivity contribution in [2.45, 2.75) is 50.6 Å². The number of amides is 3. The minimum absolute atomic E-state index is 0.0912. The van der Waals surface area contributed by atoms with Crippen LogP contribution in [0.4, 0.5) is 0 Å². The molecule has 2 aromatic rings. The highest BCUT2D eigenvalue weighted by atomic mass is 35.5. The topological polar surface area (TPSA) is 179 Å². The lowest BCUT2D eigenvalue weighted by atomic mass is 9.61. The van der Waals surface area contributed by atoms with Crippen molar-refractivity contribution in [3.63, 3.8) is 0 Å². The summed E-state index contributed by atoms with van der Waals surface area (Å²) in [4.78, 5) is 66.8.